The number of rotatable bonds is 5. The molecule has 0 saturated heterocycles. The molecule has 0 aliphatic carbocycles. The maximum absolute atomic E-state index is 11.6. The van der Waals surface area contributed by atoms with Gasteiger partial charge in [0.25, 0.3) is 0 Å². The third-order valence-corrected chi connectivity index (χ3v) is 3.53. The largest absolute Gasteiger partial charge is 0.479 e. The Hall–Kier alpha value is -1.84. The van der Waals surface area contributed by atoms with E-state index in [9.17, 15) is 14.7 Å². The molecule has 0 fully saturated rings. The summed E-state index contributed by atoms with van der Waals surface area (Å²) in [6.45, 7) is 7.56. The van der Waals surface area contributed by atoms with Crippen LogP contribution >= 0.6 is 0 Å². The summed E-state index contributed by atoms with van der Waals surface area (Å²) in [4.78, 5) is 23.9. The highest BCUT2D eigenvalue weighted by atomic mass is 16.4. The predicted octanol–water partition coefficient (Wildman–Crippen LogP) is 2.08. The summed E-state index contributed by atoms with van der Waals surface area (Å²) in [6, 6.07) is 5.47. The van der Waals surface area contributed by atoms with Crippen LogP contribution in [-0.4, -0.2) is 28.9 Å². The lowest BCUT2D eigenvalue weighted by Gasteiger charge is -2.35. The van der Waals surface area contributed by atoms with Crippen molar-refractivity contribution in [3.63, 3.8) is 0 Å². The van der Waals surface area contributed by atoms with Crippen LogP contribution in [0.15, 0.2) is 18.2 Å². The zero-order valence-electron chi connectivity index (χ0n) is 11.2. The van der Waals surface area contributed by atoms with Crippen molar-refractivity contribution >= 4 is 12.4 Å². The van der Waals surface area contributed by atoms with E-state index >= 15 is 0 Å². The second-order valence-electron chi connectivity index (χ2n) is 4.57. The van der Waals surface area contributed by atoms with Gasteiger partial charge >= 0.3 is 5.97 Å². The van der Waals surface area contributed by atoms with Crippen molar-refractivity contribution in [1.29, 1.82) is 0 Å². The Balaban J connectivity index is 3.39. The molecule has 0 aliphatic heterocycles. The molecule has 1 aromatic carbocycles. The van der Waals surface area contributed by atoms with Gasteiger partial charge in [-0.1, -0.05) is 18.2 Å². The standard InChI is InChI=1S/C14H19NO3/c1-5-15(9-16)14(4,13(17)18)12-7-6-10(2)11(3)8-12/h6-9H,5H2,1-4H3,(H,17,18). The first-order chi connectivity index (χ1) is 8.37. The summed E-state index contributed by atoms with van der Waals surface area (Å²) >= 11 is 0. The first-order valence-electron chi connectivity index (χ1n) is 5.91. The predicted molar refractivity (Wildman–Crippen MR) is 69.3 cm³/mol. The van der Waals surface area contributed by atoms with Crippen molar-refractivity contribution in [1.82, 2.24) is 4.90 Å². The molecule has 1 atom stereocenters. The van der Waals surface area contributed by atoms with E-state index in [1.54, 1.807) is 19.9 Å². The van der Waals surface area contributed by atoms with Crippen molar-refractivity contribution < 1.29 is 14.7 Å². The van der Waals surface area contributed by atoms with Crippen molar-refractivity contribution in [2.45, 2.75) is 33.2 Å². The highest BCUT2D eigenvalue weighted by molar-refractivity contribution is 5.83. The van der Waals surface area contributed by atoms with Crippen LogP contribution in [0, 0.1) is 13.8 Å². The molecule has 98 valence electrons. The number of carbonyl (C=O) groups is 2. The van der Waals surface area contributed by atoms with Gasteiger partial charge in [-0.25, -0.2) is 4.79 Å². The van der Waals surface area contributed by atoms with Crippen LogP contribution < -0.4 is 0 Å². The lowest BCUT2D eigenvalue weighted by atomic mass is 9.88. The summed E-state index contributed by atoms with van der Waals surface area (Å²) in [5.41, 5.74) is 1.41. The second-order valence-corrected chi connectivity index (χ2v) is 4.57. The van der Waals surface area contributed by atoms with E-state index < -0.39 is 11.5 Å². The monoisotopic (exact) mass is 249 g/mol. The number of aliphatic carboxylic acids is 1. The van der Waals surface area contributed by atoms with Gasteiger partial charge in [-0.2, -0.15) is 0 Å². The van der Waals surface area contributed by atoms with E-state index in [4.69, 9.17) is 0 Å². The average molecular weight is 249 g/mol. The second kappa shape index (κ2) is 5.21. The van der Waals surface area contributed by atoms with Crippen molar-refractivity contribution in [2.24, 2.45) is 0 Å². The average Bonchev–Trinajstić information content (AvgIpc) is 2.33. The molecular weight excluding hydrogens is 230 g/mol. The Morgan fingerprint density at radius 2 is 2.00 bits per heavy atom. The molecule has 0 bridgehead atoms. The molecule has 0 radical (unpaired) electrons. The lowest BCUT2D eigenvalue weighted by molar-refractivity contribution is -0.154. The van der Waals surface area contributed by atoms with E-state index in [1.165, 1.54) is 4.90 Å². The van der Waals surface area contributed by atoms with Gasteiger partial charge in [0.15, 0.2) is 5.54 Å². The van der Waals surface area contributed by atoms with Crippen LogP contribution in [-0.2, 0) is 15.1 Å². The summed E-state index contributed by atoms with van der Waals surface area (Å²) in [7, 11) is 0. The molecule has 4 nitrogen and oxygen atoms in total. The number of carbonyl (C=O) groups excluding carboxylic acids is 1. The number of benzene rings is 1. The molecule has 1 aromatic rings. The van der Waals surface area contributed by atoms with Gasteiger partial charge < -0.3 is 10.0 Å². The van der Waals surface area contributed by atoms with E-state index in [1.807, 2.05) is 26.0 Å². The molecule has 18 heavy (non-hydrogen) atoms. The Kier molecular flexibility index (Phi) is 4.11. The fraction of sp³-hybridized carbons (Fsp3) is 0.429. The molecule has 0 aliphatic rings. The number of amides is 1. The summed E-state index contributed by atoms with van der Waals surface area (Å²) < 4.78 is 0. The fourth-order valence-corrected chi connectivity index (χ4v) is 1.95. The zero-order valence-corrected chi connectivity index (χ0v) is 11.2. The first kappa shape index (κ1) is 14.2. The summed E-state index contributed by atoms with van der Waals surface area (Å²) in [5, 5.41) is 9.48. The minimum absolute atomic E-state index is 0.346. The number of hydrogen-bond donors (Lipinski definition) is 1. The van der Waals surface area contributed by atoms with Crippen LogP contribution in [0.2, 0.25) is 0 Å². The highest BCUT2D eigenvalue weighted by Crippen LogP contribution is 2.29. The number of carboxylic acids is 1. The Morgan fingerprint density at radius 3 is 2.39 bits per heavy atom. The Labute approximate surface area is 107 Å². The maximum atomic E-state index is 11.6. The van der Waals surface area contributed by atoms with Crippen LogP contribution in [0.1, 0.15) is 30.5 Å². The third kappa shape index (κ3) is 2.23. The third-order valence-electron chi connectivity index (χ3n) is 3.53. The van der Waals surface area contributed by atoms with Gasteiger partial charge in [0.05, 0.1) is 0 Å². The molecule has 0 spiro atoms. The van der Waals surface area contributed by atoms with Crippen LogP contribution in [0.3, 0.4) is 0 Å². The topological polar surface area (TPSA) is 57.6 Å². The van der Waals surface area contributed by atoms with Gasteiger partial charge in [-0.15, -0.1) is 0 Å². The van der Waals surface area contributed by atoms with Gasteiger partial charge in [-0.3, -0.25) is 4.79 Å². The number of nitrogens with zero attached hydrogens (tertiary/aromatic N) is 1. The van der Waals surface area contributed by atoms with E-state index in [0.29, 0.717) is 18.5 Å². The van der Waals surface area contributed by atoms with Gasteiger partial charge in [0.1, 0.15) is 0 Å². The van der Waals surface area contributed by atoms with E-state index in [0.717, 1.165) is 11.1 Å². The molecule has 0 aromatic heterocycles. The van der Waals surface area contributed by atoms with Crippen molar-refractivity contribution in [2.75, 3.05) is 6.54 Å². The van der Waals surface area contributed by atoms with Gasteiger partial charge in [-0.05, 0) is 44.4 Å². The lowest BCUT2D eigenvalue weighted by Crippen LogP contribution is -2.49. The molecule has 1 unspecified atom stereocenters. The van der Waals surface area contributed by atoms with Gasteiger partial charge in [0, 0.05) is 6.54 Å². The molecule has 0 heterocycles. The molecular formula is C14H19NO3. The number of hydrogen-bond acceptors (Lipinski definition) is 2. The molecule has 4 heteroatoms. The van der Waals surface area contributed by atoms with Gasteiger partial charge in [0.2, 0.25) is 6.41 Å². The van der Waals surface area contributed by atoms with E-state index in [-0.39, 0.29) is 0 Å². The SMILES string of the molecule is CCN(C=O)C(C)(C(=O)O)c1ccc(C)c(C)c1. The van der Waals surface area contributed by atoms with E-state index in [2.05, 4.69) is 0 Å². The smallest absolute Gasteiger partial charge is 0.334 e. The highest BCUT2D eigenvalue weighted by Gasteiger charge is 2.40. The fourth-order valence-electron chi connectivity index (χ4n) is 1.95. The molecule has 1 N–H and O–H groups in total. The number of aryl methyl sites for hydroxylation is 2. The molecule has 1 amide bonds. The molecule has 0 saturated carbocycles. The summed E-state index contributed by atoms with van der Waals surface area (Å²) in [5.74, 6) is -1.03. The summed E-state index contributed by atoms with van der Waals surface area (Å²) in [6.07, 6.45) is 0.587. The normalized spacial score (nSPS) is 13.8. The minimum atomic E-state index is -1.32. The maximum Gasteiger partial charge on any atom is 0.334 e. The van der Waals surface area contributed by atoms with Crippen LogP contribution in [0.25, 0.3) is 0 Å². The van der Waals surface area contributed by atoms with Crippen LogP contribution in [0.4, 0.5) is 0 Å². The van der Waals surface area contributed by atoms with Crippen LogP contribution in [0.5, 0.6) is 0 Å². The van der Waals surface area contributed by atoms with Crippen molar-refractivity contribution in [3.8, 4) is 0 Å². The Morgan fingerprint density at radius 1 is 1.39 bits per heavy atom. The zero-order chi connectivity index (χ0) is 13.9. The minimum Gasteiger partial charge on any atom is -0.479 e. The van der Waals surface area contributed by atoms with Crippen molar-refractivity contribution in [3.05, 3.63) is 34.9 Å². The number of likely N-dealkylation sites (N-methyl/N-ethyl adjacent to an activating group) is 1. The first-order valence-corrected chi connectivity index (χ1v) is 5.91. The molecule has 1 rings (SSSR count). The number of carboxylic acid groups (broad SMARTS) is 1. The quantitative estimate of drug-likeness (QED) is 0.813. The Bertz CT molecular complexity index is 470.